The van der Waals surface area contributed by atoms with Gasteiger partial charge in [0.25, 0.3) is 0 Å². The maximum absolute atomic E-state index is 13.3. The molecule has 0 unspecified atom stereocenters. The number of aryl methyl sites for hydroxylation is 1. The van der Waals surface area contributed by atoms with Gasteiger partial charge in [-0.2, -0.15) is 4.98 Å². The summed E-state index contributed by atoms with van der Waals surface area (Å²) >= 11 is 0. The second kappa shape index (κ2) is 6.42. The number of halogens is 1. The lowest BCUT2D eigenvalue weighted by Gasteiger charge is -2.10. The SMILES string of the molecule is CC(C)CNCc1cc(F)cnc1Oc1ncn(C)n1. The smallest absolute Gasteiger partial charge is 0.342 e. The summed E-state index contributed by atoms with van der Waals surface area (Å²) in [5.74, 6) is 0.430. The van der Waals surface area contributed by atoms with Crippen molar-refractivity contribution in [3.63, 3.8) is 0 Å². The third-order valence-corrected chi connectivity index (χ3v) is 2.53. The third kappa shape index (κ3) is 3.99. The summed E-state index contributed by atoms with van der Waals surface area (Å²) in [5, 5.41) is 7.23. The molecule has 0 saturated carbocycles. The molecule has 108 valence electrons. The van der Waals surface area contributed by atoms with E-state index in [2.05, 4.69) is 34.2 Å². The monoisotopic (exact) mass is 279 g/mol. The molecule has 0 aliphatic heterocycles. The molecule has 0 bridgehead atoms. The maximum atomic E-state index is 13.3. The summed E-state index contributed by atoms with van der Waals surface area (Å²) in [4.78, 5) is 7.91. The molecule has 0 aliphatic rings. The number of hydrogen-bond donors (Lipinski definition) is 1. The van der Waals surface area contributed by atoms with Crippen molar-refractivity contribution in [1.82, 2.24) is 25.1 Å². The molecule has 6 nitrogen and oxygen atoms in total. The molecular weight excluding hydrogens is 261 g/mol. The maximum Gasteiger partial charge on any atom is 0.342 e. The number of hydrogen-bond acceptors (Lipinski definition) is 5. The Morgan fingerprint density at radius 1 is 1.40 bits per heavy atom. The predicted molar refractivity (Wildman–Crippen MR) is 71.8 cm³/mol. The van der Waals surface area contributed by atoms with Gasteiger partial charge in [0.1, 0.15) is 12.1 Å². The Bertz CT molecular complexity index is 570. The molecule has 0 amide bonds. The van der Waals surface area contributed by atoms with E-state index in [1.807, 2.05) is 0 Å². The van der Waals surface area contributed by atoms with Gasteiger partial charge in [0, 0.05) is 19.2 Å². The summed E-state index contributed by atoms with van der Waals surface area (Å²) in [6.45, 7) is 5.51. The molecule has 2 rings (SSSR count). The molecule has 20 heavy (non-hydrogen) atoms. The highest BCUT2D eigenvalue weighted by Gasteiger charge is 2.11. The minimum Gasteiger partial charge on any atom is -0.404 e. The van der Waals surface area contributed by atoms with Crippen LogP contribution in [0.25, 0.3) is 0 Å². The van der Waals surface area contributed by atoms with E-state index < -0.39 is 5.82 Å². The lowest BCUT2D eigenvalue weighted by Crippen LogP contribution is -2.19. The Kier molecular flexibility index (Phi) is 4.62. The fourth-order valence-electron chi connectivity index (χ4n) is 1.64. The van der Waals surface area contributed by atoms with Crippen LogP contribution in [0.4, 0.5) is 4.39 Å². The van der Waals surface area contributed by atoms with Crippen molar-refractivity contribution < 1.29 is 9.13 Å². The average Bonchev–Trinajstić information content (AvgIpc) is 2.78. The zero-order chi connectivity index (χ0) is 14.5. The third-order valence-electron chi connectivity index (χ3n) is 2.53. The van der Waals surface area contributed by atoms with Crippen LogP contribution in [0, 0.1) is 11.7 Å². The molecule has 0 saturated heterocycles. The van der Waals surface area contributed by atoms with Crippen molar-refractivity contribution in [3.8, 4) is 11.9 Å². The molecule has 7 heteroatoms. The summed E-state index contributed by atoms with van der Waals surface area (Å²) in [5.41, 5.74) is 0.637. The topological polar surface area (TPSA) is 64.9 Å². The molecule has 0 fully saturated rings. The van der Waals surface area contributed by atoms with Crippen molar-refractivity contribution in [3.05, 3.63) is 30.0 Å². The number of aromatic nitrogens is 4. The Morgan fingerprint density at radius 3 is 2.85 bits per heavy atom. The second-order valence-corrected chi connectivity index (χ2v) is 4.95. The number of nitrogens with one attached hydrogen (secondary N) is 1. The Labute approximate surface area is 117 Å². The molecule has 0 atom stereocenters. The van der Waals surface area contributed by atoms with Gasteiger partial charge in [-0.25, -0.2) is 9.37 Å². The minimum absolute atomic E-state index is 0.191. The van der Waals surface area contributed by atoms with Gasteiger partial charge in [-0.15, -0.1) is 5.10 Å². The van der Waals surface area contributed by atoms with Gasteiger partial charge in [0.15, 0.2) is 0 Å². The van der Waals surface area contributed by atoms with E-state index in [1.165, 1.54) is 17.1 Å². The first-order valence-electron chi connectivity index (χ1n) is 6.43. The molecule has 2 aromatic heterocycles. The van der Waals surface area contributed by atoms with Crippen LogP contribution >= 0.6 is 0 Å². The van der Waals surface area contributed by atoms with Crippen molar-refractivity contribution in [2.75, 3.05) is 6.54 Å². The van der Waals surface area contributed by atoms with Crippen molar-refractivity contribution >= 4 is 0 Å². The first-order chi connectivity index (χ1) is 9.54. The van der Waals surface area contributed by atoms with Gasteiger partial charge in [-0.3, -0.25) is 4.68 Å². The van der Waals surface area contributed by atoms with Crippen LogP contribution in [0.15, 0.2) is 18.6 Å². The Hall–Kier alpha value is -2.02. The van der Waals surface area contributed by atoms with Gasteiger partial charge >= 0.3 is 6.01 Å². The van der Waals surface area contributed by atoms with E-state index in [0.717, 1.165) is 12.7 Å². The van der Waals surface area contributed by atoms with E-state index in [0.29, 0.717) is 23.9 Å². The quantitative estimate of drug-likeness (QED) is 0.874. The first kappa shape index (κ1) is 14.4. The molecule has 0 aliphatic carbocycles. The largest absolute Gasteiger partial charge is 0.404 e. The zero-order valence-corrected chi connectivity index (χ0v) is 11.8. The van der Waals surface area contributed by atoms with Gasteiger partial charge in [-0.1, -0.05) is 13.8 Å². The van der Waals surface area contributed by atoms with E-state index in [1.54, 1.807) is 7.05 Å². The van der Waals surface area contributed by atoms with Crippen LogP contribution in [0.1, 0.15) is 19.4 Å². The summed E-state index contributed by atoms with van der Waals surface area (Å²) in [7, 11) is 1.74. The Balaban J connectivity index is 2.10. The van der Waals surface area contributed by atoms with Gasteiger partial charge in [0.05, 0.1) is 6.20 Å². The highest BCUT2D eigenvalue weighted by Crippen LogP contribution is 2.20. The van der Waals surface area contributed by atoms with Crippen molar-refractivity contribution in [2.24, 2.45) is 13.0 Å². The lowest BCUT2D eigenvalue weighted by molar-refractivity contribution is 0.411. The first-order valence-corrected chi connectivity index (χ1v) is 6.43. The van der Waals surface area contributed by atoms with Crippen molar-refractivity contribution in [1.29, 1.82) is 0 Å². The zero-order valence-electron chi connectivity index (χ0n) is 11.8. The number of ether oxygens (including phenoxy) is 1. The molecule has 1 N–H and O–H groups in total. The average molecular weight is 279 g/mol. The van der Waals surface area contributed by atoms with Crippen LogP contribution in [0.2, 0.25) is 0 Å². The summed E-state index contributed by atoms with van der Waals surface area (Å²) in [6, 6.07) is 1.59. The summed E-state index contributed by atoms with van der Waals surface area (Å²) < 4.78 is 20.3. The van der Waals surface area contributed by atoms with E-state index in [9.17, 15) is 4.39 Å². The molecule has 2 heterocycles. The van der Waals surface area contributed by atoms with Crippen LogP contribution in [-0.2, 0) is 13.6 Å². The Morgan fingerprint density at radius 2 is 2.20 bits per heavy atom. The fourth-order valence-corrected chi connectivity index (χ4v) is 1.64. The number of pyridine rings is 1. The van der Waals surface area contributed by atoms with Gasteiger partial charge in [-0.05, 0) is 18.5 Å². The van der Waals surface area contributed by atoms with E-state index in [-0.39, 0.29) is 6.01 Å². The second-order valence-electron chi connectivity index (χ2n) is 4.95. The van der Waals surface area contributed by atoms with Gasteiger partial charge in [0.2, 0.25) is 5.88 Å². The number of nitrogens with zero attached hydrogens (tertiary/aromatic N) is 4. The van der Waals surface area contributed by atoms with E-state index >= 15 is 0 Å². The van der Waals surface area contributed by atoms with E-state index in [4.69, 9.17) is 4.74 Å². The molecule has 0 radical (unpaired) electrons. The highest BCUT2D eigenvalue weighted by molar-refractivity contribution is 5.28. The summed E-state index contributed by atoms with van der Waals surface area (Å²) in [6.07, 6.45) is 2.64. The van der Waals surface area contributed by atoms with Crippen LogP contribution in [0.5, 0.6) is 11.9 Å². The standard InChI is InChI=1S/C13H18FN5O/c1-9(2)5-15-6-10-4-11(14)7-16-12(10)20-13-17-8-19(3)18-13/h4,7-9,15H,5-6H2,1-3H3. The van der Waals surface area contributed by atoms with Crippen LogP contribution in [0.3, 0.4) is 0 Å². The normalized spacial score (nSPS) is 11.1. The van der Waals surface area contributed by atoms with Crippen molar-refractivity contribution in [2.45, 2.75) is 20.4 Å². The fraction of sp³-hybridized carbons (Fsp3) is 0.462. The van der Waals surface area contributed by atoms with Crippen LogP contribution in [-0.4, -0.2) is 26.3 Å². The lowest BCUT2D eigenvalue weighted by atomic mass is 10.2. The molecule has 0 aromatic carbocycles. The van der Waals surface area contributed by atoms with Gasteiger partial charge < -0.3 is 10.1 Å². The molecule has 2 aromatic rings. The minimum atomic E-state index is -0.396. The highest BCUT2D eigenvalue weighted by atomic mass is 19.1. The van der Waals surface area contributed by atoms with Crippen LogP contribution < -0.4 is 10.1 Å². The number of rotatable bonds is 6. The molecule has 0 spiro atoms. The molecular formula is C13H18FN5O. The predicted octanol–water partition coefficient (Wildman–Crippen LogP) is 1.89.